The Labute approximate surface area is 274 Å². The molecule has 250 valence electrons. The van der Waals surface area contributed by atoms with Gasteiger partial charge in [-0.3, -0.25) is 14.5 Å². The third kappa shape index (κ3) is 7.32. The van der Waals surface area contributed by atoms with Gasteiger partial charge < -0.3 is 25.2 Å². The highest BCUT2D eigenvalue weighted by Gasteiger charge is 2.32. The number of piperidine rings is 1. The van der Waals surface area contributed by atoms with Crippen LogP contribution in [0.15, 0.2) is 55.4 Å². The Morgan fingerprint density at radius 3 is 2.55 bits per heavy atom. The van der Waals surface area contributed by atoms with Gasteiger partial charge in [-0.25, -0.2) is 23.8 Å². The Bertz CT molecular complexity index is 1580. The summed E-state index contributed by atoms with van der Waals surface area (Å²) in [7, 11) is 1.59. The molecule has 13 heteroatoms. The summed E-state index contributed by atoms with van der Waals surface area (Å²) < 4.78 is 34.5. The first kappa shape index (κ1) is 32.6. The second-order valence-corrected chi connectivity index (χ2v) is 12.0. The van der Waals surface area contributed by atoms with Crippen molar-refractivity contribution in [3.63, 3.8) is 0 Å². The van der Waals surface area contributed by atoms with Gasteiger partial charge in [-0.2, -0.15) is 0 Å². The monoisotopic (exact) mass is 648 g/mol. The molecule has 3 aliphatic heterocycles. The first-order valence-electron chi connectivity index (χ1n) is 16.2. The van der Waals surface area contributed by atoms with Crippen LogP contribution in [0.3, 0.4) is 0 Å². The molecule has 1 unspecified atom stereocenters. The maximum Gasteiger partial charge on any atom is 0.247 e. The zero-order valence-electron chi connectivity index (χ0n) is 26.9. The average Bonchev–Trinajstić information content (AvgIpc) is 3.60. The molecule has 1 atom stereocenters. The fourth-order valence-electron chi connectivity index (χ4n) is 6.72. The number of benzene rings is 2. The van der Waals surface area contributed by atoms with Crippen molar-refractivity contribution < 1.29 is 23.1 Å². The van der Waals surface area contributed by atoms with E-state index < -0.39 is 17.7 Å². The van der Waals surface area contributed by atoms with Crippen LogP contribution < -0.4 is 25.3 Å². The van der Waals surface area contributed by atoms with E-state index in [0.717, 1.165) is 76.5 Å². The van der Waals surface area contributed by atoms with Crippen LogP contribution in [-0.4, -0.2) is 91.2 Å². The number of rotatable bonds is 10. The molecule has 0 saturated carbocycles. The molecule has 3 fully saturated rings. The minimum atomic E-state index is -0.562. The summed E-state index contributed by atoms with van der Waals surface area (Å²) >= 11 is 0. The van der Waals surface area contributed by atoms with Gasteiger partial charge in [0.05, 0.1) is 36.8 Å². The molecule has 4 heterocycles. The molecule has 0 spiro atoms. The fourth-order valence-corrected chi connectivity index (χ4v) is 6.72. The summed E-state index contributed by atoms with van der Waals surface area (Å²) in [5, 5.41) is 7.74. The molecule has 0 bridgehead atoms. The lowest BCUT2D eigenvalue weighted by atomic mass is 10.0. The normalized spacial score (nSPS) is 19.5. The van der Waals surface area contributed by atoms with E-state index in [1.807, 2.05) is 12.1 Å². The van der Waals surface area contributed by atoms with Gasteiger partial charge in [0, 0.05) is 69.4 Å². The average molecular weight is 649 g/mol. The van der Waals surface area contributed by atoms with Gasteiger partial charge >= 0.3 is 0 Å². The standard InChI is InChI=1S/C34H42F2N8O3/c1-4-34(45)40-27-19-28(31(46-3)20-30(27)43-11-8-24(9-12-43)42-15-13-41(5-2)14-16-42)39-32-21-33(38-22-37-32)44-29(10-17-47-44)25-18-23(35)6-7-26(25)36/h4,6-7,18-22,24,29H,1,5,8-17H2,2-3H3,(H,40,45)(H,37,38,39). The lowest BCUT2D eigenvalue weighted by molar-refractivity contribution is -0.111. The molecule has 11 nitrogen and oxygen atoms in total. The number of nitrogens with zero attached hydrogens (tertiary/aromatic N) is 6. The van der Waals surface area contributed by atoms with E-state index in [9.17, 15) is 13.6 Å². The quantitative estimate of drug-likeness (QED) is 0.289. The van der Waals surface area contributed by atoms with E-state index >= 15 is 0 Å². The number of carbonyl (C=O) groups excluding carboxylic acids is 1. The number of aromatic nitrogens is 2. The number of hydrogen-bond donors (Lipinski definition) is 2. The smallest absolute Gasteiger partial charge is 0.247 e. The van der Waals surface area contributed by atoms with Crippen molar-refractivity contribution in [3.05, 3.63) is 72.6 Å². The first-order chi connectivity index (χ1) is 22.9. The van der Waals surface area contributed by atoms with Gasteiger partial charge in [0.1, 0.15) is 29.5 Å². The Hall–Kier alpha value is -4.33. The molecule has 3 aliphatic rings. The molecule has 1 aromatic heterocycles. The van der Waals surface area contributed by atoms with Gasteiger partial charge in [0.15, 0.2) is 5.82 Å². The molecular weight excluding hydrogens is 606 g/mol. The maximum absolute atomic E-state index is 14.7. The highest BCUT2D eigenvalue weighted by atomic mass is 19.1. The third-order valence-corrected chi connectivity index (χ3v) is 9.30. The molecule has 0 aliphatic carbocycles. The van der Waals surface area contributed by atoms with Gasteiger partial charge in [-0.05, 0) is 49.7 Å². The van der Waals surface area contributed by atoms with Gasteiger partial charge in [0.25, 0.3) is 0 Å². The van der Waals surface area contributed by atoms with E-state index in [0.29, 0.717) is 47.8 Å². The van der Waals surface area contributed by atoms with Crippen LogP contribution in [-0.2, 0) is 9.63 Å². The Balaban J connectivity index is 1.22. The fraction of sp³-hybridized carbons (Fsp3) is 0.441. The molecule has 2 N–H and O–H groups in total. The van der Waals surface area contributed by atoms with E-state index in [2.05, 4.69) is 48.8 Å². The zero-order valence-corrected chi connectivity index (χ0v) is 26.9. The van der Waals surface area contributed by atoms with Crippen LogP contribution in [0.4, 0.5) is 37.5 Å². The third-order valence-electron chi connectivity index (χ3n) is 9.30. The molecule has 3 saturated heterocycles. The Kier molecular flexibility index (Phi) is 10.1. The van der Waals surface area contributed by atoms with Crippen molar-refractivity contribution in [1.29, 1.82) is 0 Å². The highest BCUT2D eigenvalue weighted by molar-refractivity contribution is 6.02. The van der Waals surface area contributed by atoms with Crippen LogP contribution in [0, 0.1) is 11.6 Å². The number of amides is 1. The minimum Gasteiger partial charge on any atom is -0.494 e. The van der Waals surface area contributed by atoms with Crippen molar-refractivity contribution in [2.24, 2.45) is 0 Å². The lowest BCUT2D eigenvalue weighted by Crippen LogP contribution is -2.53. The van der Waals surface area contributed by atoms with Crippen molar-refractivity contribution in [2.45, 2.75) is 38.3 Å². The summed E-state index contributed by atoms with van der Waals surface area (Å²) in [6.45, 7) is 13.4. The van der Waals surface area contributed by atoms with Crippen LogP contribution in [0.5, 0.6) is 5.75 Å². The SMILES string of the molecule is C=CC(=O)Nc1cc(Nc2cc(N3OCCC3c3cc(F)ccc3F)ncn2)c(OC)cc1N1CCC(N2CCN(CC)CC2)CC1. The number of piperazine rings is 1. The van der Waals surface area contributed by atoms with E-state index in [4.69, 9.17) is 9.57 Å². The maximum atomic E-state index is 14.7. The number of carbonyl (C=O) groups is 1. The van der Waals surface area contributed by atoms with Crippen LogP contribution in [0.1, 0.15) is 37.8 Å². The summed E-state index contributed by atoms with van der Waals surface area (Å²) in [6.07, 6.45) is 5.14. The van der Waals surface area contributed by atoms with Gasteiger partial charge in [-0.15, -0.1) is 0 Å². The lowest BCUT2D eigenvalue weighted by Gasteiger charge is -2.43. The molecule has 47 heavy (non-hydrogen) atoms. The molecular formula is C34H42F2N8O3. The first-order valence-corrected chi connectivity index (χ1v) is 16.2. The van der Waals surface area contributed by atoms with Crippen molar-refractivity contribution >= 4 is 34.6 Å². The molecule has 1 amide bonds. The Morgan fingerprint density at radius 1 is 1.04 bits per heavy atom. The zero-order chi connectivity index (χ0) is 32.9. The number of hydroxylamine groups is 1. The largest absolute Gasteiger partial charge is 0.494 e. The predicted molar refractivity (Wildman–Crippen MR) is 178 cm³/mol. The van der Waals surface area contributed by atoms with Gasteiger partial charge in [-0.1, -0.05) is 13.5 Å². The number of nitrogens with one attached hydrogen (secondary N) is 2. The minimum absolute atomic E-state index is 0.193. The van der Waals surface area contributed by atoms with Crippen LogP contribution in [0.25, 0.3) is 0 Å². The summed E-state index contributed by atoms with van der Waals surface area (Å²) in [5.74, 6) is -0.00687. The molecule has 0 radical (unpaired) electrons. The van der Waals surface area contributed by atoms with Crippen LogP contribution >= 0.6 is 0 Å². The molecule has 6 rings (SSSR count). The number of hydrogen-bond acceptors (Lipinski definition) is 10. The second-order valence-electron chi connectivity index (χ2n) is 12.0. The number of likely N-dealkylation sites (N-methyl/N-ethyl adjacent to an activating group) is 1. The number of methoxy groups -OCH3 is 1. The molecule has 3 aromatic rings. The predicted octanol–water partition coefficient (Wildman–Crippen LogP) is 5.12. The second kappa shape index (κ2) is 14.6. The highest BCUT2D eigenvalue weighted by Crippen LogP contribution is 2.41. The number of halogens is 2. The van der Waals surface area contributed by atoms with Crippen molar-refractivity contribution in [3.8, 4) is 5.75 Å². The summed E-state index contributed by atoms with van der Waals surface area (Å²) in [5.41, 5.74) is 2.25. The van der Waals surface area contributed by atoms with E-state index in [1.165, 1.54) is 23.5 Å². The van der Waals surface area contributed by atoms with Crippen molar-refractivity contribution in [2.75, 3.05) is 80.1 Å². The topological polar surface area (TPSA) is 98.3 Å². The number of anilines is 5. The number of ether oxygens (including phenoxy) is 1. The summed E-state index contributed by atoms with van der Waals surface area (Å²) in [4.78, 5) is 34.5. The Morgan fingerprint density at radius 2 is 1.83 bits per heavy atom. The molecule has 2 aromatic carbocycles. The van der Waals surface area contributed by atoms with E-state index in [1.54, 1.807) is 13.2 Å². The van der Waals surface area contributed by atoms with Crippen molar-refractivity contribution in [1.82, 2.24) is 19.8 Å². The van der Waals surface area contributed by atoms with Gasteiger partial charge in [0.2, 0.25) is 5.91 Å². The van der Waals surface area contributed by atoms with Crippen LogP contribution in [0.2, 0.25) is 0 Å². The van der Waals surface area contributed by atoms with E-state index in [-0.39, 0.29) is 11.5 Å². The summed E-state index contributed by atoms with van der Waals surface area (Å²) in [6, 6.07) is 8.79.